The van der Waals surface area contributed by atoms with Crippen LogP contribution in [0, 0.1) is 0 Å². The number of anilines is 3. The molecule has 2 aromatic heterocycles. The fraction of sp³-hybridized carbons (Fsp3) is 0. The van der Waals surface area contributed by atoms with E-state index in [2.05, 4.69) is 175 Å². The van der Waals surface area contributed by atoms with Gasteiger partial charge in [-0.05, 0) is 86.2 Å². The first-order valence-electron chi connectivity index (χ1n) is 17.2. The van der Waals surface area contributed by atoms with Crippen LogP contribution in [0.5, 0.6) is 0 Å². The number of furan rings is 1. The highest BCUT2D eigenvalue weighted by atomic mass is 32.1. The summed E-state index contributed by atoms with van der Waals surface area (Å²) in [6, 6.07) is 60.8. The lowest BCUT2D eigenvalue weighted by Crippen LogP contribution is -2.09. The standard InChI is InChI=1S/C47H28N2OS/c1-2-11-32(12-3-1)49(33-21-17-31-19-23-37-35-13-6-4-9-29(35)18-24-38(37)41(31)27-33)34-22-25-39-43(28-34)50-42-16-8-15-40(45(39)42)47-48-46-36-14-7-5-10-30(36)20-26-44(46)51-47/h1-28H. The summed E-state index contributed by atoms with van der Waals surface area (Å²) in [6.07, 6.45) is 0. The van der Waals surface area contributed by atoms with Gasteiger partial charge in [-0.3, -0.25) is 0 Å². The molecule has 0 saturated heterocycles. The molecule has 238 valence electrons. The molecule has 9 aromatic carbocycles. The monoisotopic (exact) mass is 668 g/mol. The molecular weight excluding hydrogens is 641 g/mol. The largest absolute Gasteiger partial charge is 0.456 e. The van der Waals surface area contributed by atoms with Gasteiger partial charge < -0.3 is 9.32 Å². The molecule has 0 aliphatic carbocycles. The molecule has 0 fully saturated rings. The average molecular weight is 669 g/mol. The lowest BCUT2D eigenvalue weighted by Gasteiger charge is -2.26. The number of aromatic nitrogens is 1. The minimum atomic E-state index is 0.847. The molecule has 0 N–H and O–H groups in total. The maximum absolute atomic E-state index is 6.64. The van der Waals surface area contributed by atoms with Crippen molar-refractivity contribution in [3.63, 3.8) is 0 Å². The highest BCUT2D eigenvalue weighted by Gasteiger charge is 2.20. The third kappa shape index (κ3) is 4.40. The lowest BCUT2D eigenvalue weighted by molar-refractivity contribution is 0.669. The fourth-order valence-corrected chi connectivity index (χ4v) is 8.89. The van der Waals surface area contributed by atoms with E-state index >= 15 is 0 Å². The number of hydrogen-bond acceptors (Lipinski definition) is 4. The summed E-state index contributed by atoms with van der Waals surface area (Å²) >= 11 is 1.74. The van der Waals surface area contributed by atoms with Crippen molar-refractivity contribution in [2.75, 3.05) is 4.90 Å². The number of thiazole rings is 1. The second kappa shape index (κ2) is 11.0. The maximum atomic E-state index is 6.64. The summed E-state index contributed by atoms with van der Waals surface area (Å²) in [7, 11) is 0. The molecule has 0 saturated carbocycles. The number of hydrogen-bond donors (Lipinski definition) is 0. The van der Waals surface area contributed by atoms with Crippen molar-refractivity contribution in [2.24, 2.45) is 0 Å². The summed E-state index contributed by atoms with van der Waals surface area (Å²) in [4.78, 5) is 7.53. The highest BCUT2D eigenvalue weighted by Crippen LogP contribution is 2.44. The number of rotatable bonds is 4. The van der Waals surface area contributed by atoms with Crippen molar-refractivity contribution in [3.8, 4) is 10.6 Å². The van der Waals surface area contributed by atoms with E-state index in [0.717, 1.165) is 55.1 Å². The van der Waals surface area contributed by atoms with Crippen LogP contribution in [0.2, 0.25) is 0 Å². The average Bonchev–Trinajstić information content (AvgIpc) is 3.80. The summed E-state index contributed by atoms with van der Waals surface area (Å²) in [5, 5.41) is 13.1. The Kier molecular flexibility index (Phi) is 6.12. The predicted octanol–water partition coefficient (Wildman–Crippen LogP) is 13.9. The van der Waals surface area contributed by atoms with E-state index in [-0.39, 0.29) is 0 Å². The van der Waals surface area contributed by atoms with E-state index < -0.39 is 0 Å². The summed E-state index contributed by atoms with van der Waals surface area (Å²) < 4.78 is 7.83. The van der Waals surface area contributed by atoms with Crippen molar-refractivity contribution in [1.82, 2.24) is 4.98 Å². The zero-order valence-corrected chi connectivity index (χ0v) is 28.2. The smallest absolute Gasteiger partial charge is 0.137 e. The van der Waals surface area contributed by atoms with Gasteiger partial charge in [-0.1, -0.05) is 115 Å². The predicted molar refractivity (Wildman–Crippen MR) is 217 cm³/mol. The van der Waals surface area contributed by atoms with Gasteiger partial charge in [0.1, 0.15) is 16.2 Å². The van der Waals surface area contributed by atoms with Gasteiger partial charge in [0, 0.05) is 44.9 Å². The van der Waals surface area contributed by atoms with Crippen LogP contribution in [0.15, 0.2) is 174 Å². The Hall–Kier alpha value is -6.49. The van der Waals surface area contributed by atoms with Crippen molar-refractivity contribution in [1.29, 1.82) is 0 Å². The molecular formula is C47H28N2OS. The Morgan fingerprint density at radius 3 is 1.94 bits per heavy atom. The van der Waals surface area contributed by atoms with Crippen molar-refractivity contribution in [3.05, 3.63) is 170 Å². The molecule has 0 aliphatic heterocycles. The molecule has 0 radical (unpaired) electrons. The van der Waals surface area contributed by atoms with E-state index in [1.165, 1.54) is 47.8 Å². The van der Waals surface area contributed by atoms with Crippen LogP contribution in [-0.4, -0.2) is 4.98 Å². The summed E-state index contributed by atoms with van der Waals surface area (Å²) in [5.41, 5.74) is 7.06. The highest BCUT2D eigenvalue weighted by molar-refractivity contribution is 7.21. The van der Waals surface area contributed by atoms with Crippen LogP contribution in [0.3, 0.4) is 0 Å². The lowest BCUT2D eigenvalue weighted by atomic mass is 9.96. The number of para-hydroxylation sites is 1. The minimum Gasteiger partial charge on any atom is -0.456 e. The Bertz CT molecular complexity index is 3160. The zero-order chi connectivity index (χ0) is 33.5. The van der Waals surface area contributed by atoms with E-state index in [0.29, 0.717) is 0 Å². The Balaban J connectivity index is 1.09. The van der Waals surface area contributed by atoms with E-state index in [1.807, 2.05) is 0 Å². The SMILES string of the molecule is c1ccc(N(c2ccc3c(c2)oc2cccc(-c4nc5c(ccc6ccccc65)s4)c23)c2ccc3ccc4c5ccccc5ccc4c3c2)cc1. The topological polar surface area (TPSA) is 29.3 Å². The van der Waals surface area contributed by atoms with Gasteiger partial charge in [0.25, 0.3) is 0 Å². The van der Waals surface area contributed by atoms with Crippen LogP contribution in [0.25, 0.3) is 85.8 Å². The molecule has 0 spiro atoms. The zero-order valence-electron chi connectivity index (χ0n) is 27.4. The van der Waals surface area contributed by atoms with Gasteiger partial charge in [-0.25, -0.2) is 4.98 Å². The molecule has 3 nitrogen and oxygen atoms in total. The van der Waals surface area contributed by atoms with Gasteiger partial charge >= 0.3 is 0 Å². The molecule has 0 aliphatic rings. The van der Waals surface area contributed by atoms with Gasteiger partial charge in [-0.15, -0.1) is 11.3 Å². The van der Waals surface area contributed by atoms with E-state index in [4.69, 9.17) is 9.40 Å². The number of fused-ring (bicyclic) bond motifs is 11. The second-order valence-electron chi connectivity index (χ2n) is 13.1. The van der Waals surface area contributed by atoms with Crippen LogP contribution in [0.4, 0.5) is 17.1 Å². The third-order valence-electron chi connectivity index (χ3n) is 10.3. The Morgan fingerprint density at radius 2 is 1.08 bits per heavy atom. The maximum Gasteiger partial charge on any atom is 0.137 e. The first-order valence-corrected chi connectivity index (χ1v) is 18.0. The summed E-state index contributed by atoms with van der Waals surface area (Å²) in [5.74, 6) is 0. The number of nitrogens with zero attached hydrogens (tertiary/aromatic N) is 2. The van der Waals surface area contributed by atoms with Crippen LogP contribution in [0.1, 0.15) is 0 Å². The van der Waals surface area contributed by atoms with Gasteiger partial charge in [-0.2, -0.15) is 0 Å². The summed E-state index contributed by atoms with van der Waals surface area (Å²) in [6.45, 7) is 0. The molecule has 0 amide bonds. The fourth-order valence-electron chi connectivity index (χ4n) is 7.88. The van der Waals surface area contributed by atoms with Crippen LogP contribution in [-0.2, 0) is 0 Å². The van der Waals surface area contributed by atoms with Gasteiger partial charge in [0.15, 0.2) is 0 Å². The molecule has 11 rings (SSSR count). The Labute approximate surface area is 297 Å². The third-order valence-corrected chi connectivity index (χ3v) is 11.3. The number of benzene rings is 9. The minimum absolute atomic E-state index is 0.847. The van der Waals surface area contributed by atoms with E-state index in [9.17, 15) is 0 Å². The van der Waals surface area contributed by atoms with Crippen LogP contribution < -0.4 is 4.90 Å². The van der Waals surface area contributed by atoms with Gasteiger partial charge in [0.05, 0.1) is 10.2 Å². The molecule has 11 aromatic rings. The van der Waals surface area contributed by atoms with E-state index in [1.54, 1.807) is 11.3 Å². The molecule has 0 atom stereocenters. The van der Waals surface area contributed by atoms with Crippen molar-refractivity contribution < 1.29 is 4.42 Å². The second-order valence-corrected chi connectivity index (χ2v) is 14.2. The molecule has 2 heterocycles. The first kappa shape index (κ1) is 28.4. The van der Waals surface area contributed by atoms with Crippen molar-refractivity contribution >= 4 is 104 Å². The molecule has 0 unspecified atom stereocenters. The molecule has 4 heteroatoms. The molecule has 0 bridgehead atoms. The molecule has 51 heavy (non-hydrogen) atoms. The first-order chi connectivity index (χ1) is 25.3. The van der Waals surface area contributed by atoms with Gasteiger partial charge in [0.2, 0.25) is 0 Å². The Morgan fingerprint density at radius 1 is 0.431 bits per heavy atom. The van der Waals surface area contributed by atoms with Crippen LogP contribution >= 0.6 is 11.3 Å². The normalized spacial score (nSPS) is 11.9. The quantitative estimate of drug-likeness (QED) is 0.175. The van der Waals surface area contributed by atoms with Crippen molar-refractivity contribution in [2.45, 2.75) is 0 Å².